The van der Waals surface area contributed by atoms with Crippen LogP contribution < -0.4 is 20.3 Å². The highest BCUT2D eigenvalue weighted by Gasteiger charge is 2.19. The predicted molar refractivity (Wildman–Crippen MR) is 99.3 cm³/mol. The van der Waals surface area contributed by atoms with Crippen LogP contribution in [0.5, 0.6) is 5.75 Å². The number of nitrogens with zero attached hydrogens (tertiary/aromatic N) is 1. The van der Waals surface area contributed by atoms with E-state index in [0.29, 0.717) is 17.9 Å². The number of primary amides is 1. The van der Waals surface area contributed by atoms with Crippen LogP contribution in [-0.2, 0) is 0 Å². The third-order valence-electron chi connectivity index (χ3n) is 4.68. The van der Waals surface area contributed by atoms with E-state index in [-0.39, 0.29) is 0 Å². The maximum atomic E-state index is 11.4. The van der Waals surface area contributed by atoms with Crippen molar-refractivity contribution >= 4 is 11.6 Å². The summed E-state index contributed by atoms with van der Waals surface area (Å²) in [5.41, 5.74) is 7.13. The van der Waals surface area contributed by atoms with Crippen LogP contribution in [0.2, 0.25) is 0 Å². The maximum absolute atomic E-state index is 11.4. The lowest BCUT2D eigenvalue weighted by Gasteiger charge is -2.33. The molecule has 1 aliphatic heterocycles. The second-order valence-electron chi connectivity index (χ2n) is 6.39. The normalized spacial score (nSPS) is 15.1. The van der Waals surface area contributed by atoms with Gasteiger partial charge < -0.3 is 20.3 Å². The number of amides is 1. The zero-order valence-corrected chi connectivity index (χ0v) is 14.5. The molecular weight excluding hydrogens is 314 g/mol. The van der Waals surface area contributed by atoms with Crippen molar-refractivity contribution in [3.8, 4) is 5.75 Å². The number of carbonyl (C=O) groups excluding carboxylic acids is 1. The van der Waals surface area contributed by atoms with Crippen molar-refractivity contribution in [1.29, 1.82) is 0 Å². The fourth-order valence-electron chi connectivity index (χ4n) is 3.27. The van der Waals surface area contributed by atoms with Crippen LogP contribution in [-0.4, -0.2) is 45.2 Å². The number of hydrogen-bond donors (Lipinski definition) is 2. The second-order valence-corrected chi connectivity index (χ2v) is 6.39. The van der Waals surface area contributed by atoms with Gasteiger partial charge in [0.15, 0.2) is 0 Å². The van der Waals surface area contributed by atoms with Crippen LogP contribution in [0.1, 0.15) is 16.8 Å². The number of nitrogens with one attached hydrogen (secondary N) is 1. The van der Waals surface area contributed by atoms with Gasteiger partial charge in [-0.2, -0.15) is 0 Å². The molecule has 132 valence electrons. The van der Waals surface area contributed by atoms with E-state index in [4.69, 9.17) is 10.5 Å². The van der Waals surface area contributed by atoms with Gasteiger partial charge in [-0.05, 0) is 24.3 Å². The van der Waals surface area contributed by atoms with Crippen molar-refractivity contribution in [2.75, 3.05) is 44.2 Å². The Morgan fingerprint density at radius 1 is 1.04 bits per heavy atom. The van der Waals surface area contributed by atoms with E-state index >= 15 is 0 Å². The van der Waals surface area contributed by atoms with Crippen molar-refractivity contribution in [1.82, 2.24) is 0 Å². The molecule has 5 heteroatoms. The highest BCUT2D eigenvalue weighted by Crippen LogP contribution is 2.17. The smallest absolute Gasteiger partial charge is 0.252 e. The van der Waals surface area contributed by atoms with Gasteiger partial charge in [0.25, 0.3) is 5.91 Å². The Bertz CT molecular complexity index is 682. The molecule has 0 radical (unpaired) electrons. The first-order valence-corrected chi connectivity index (χ1v) is 8.89. The van der Waals surface area contributed by atoms with Gasteiger partial charge in [-0.25, -0.2) is 0 Å². The number of benzene rings is 2. The highest BCUT2D eigenvalue weighted by atomic mass is 16.5. The SMILES string of the molecule is NC(=O)c1ccccc1OCCC[NH+]1CCN(c2ccccc2)CC1. The first kappa shape index (κ1) is 17.3. The first-order chi connectivity index (χ1) is 12.2. The number of carbonyl (C=O) groups is 1. The largest absolute Gasteiger partial charge is 0.493 e. The minimum absolute atomic E-state index is 0.446. The second kappa shape index (κ2) is 8.53. The van der Waals surface area contributed by atoms with Gasteiger partial charge in [0.1, 0.15) is 5.75 Å². The van der Waals surface area contributed by atoms with Gasteiger partial charge in [-0.3, -0.25) is 4.79 Å². The van der Waals surface area contributed by atoms with Crippen LogP contribution in [0.15, 0.2) is 54.6 Å². The van der Waals surface area contributed by atoms with E-state index in [1.165, 1.54) is 5.69 Å². The Morgan fingerprint density at radius 2 is 1.72 bits per heavy atom. The topological polar surface area (TPSA) is 60.0 Å². The van der Waals surface area contributed by atoms with Crippen LogP contribution in [0, 0.1) is 0 Å². The average Bonchev–Trinajstić information content (AvgIpc) is 2.66. The number of para-hydroxylation sites is 2. The van der Waals surface area contributed by atoms with E-state index in [2.05, 4.69) is 35.2 Å². The van der Waals surface area contributed by atoms with Crippen LogP contribution in [0.4, 0.5) is 5.69 Å². The molecule has 2 aromatic rings. The summed E-state index contributed by atoms with van der Waals surface area (Å²) in [6.45, 7) is 6.16. The van der Waals surface area contributed by atoms with Crippen LogP contribution >= 0.6 is 0 Å². The number of piperazine rings is 1. The molecule has 0 aliphatic carbocycles. The fraction of sp³-hybridized carbons (Fsp3) is 0.350. The summed E-state index contributed by atoms with van der Waals surface area (Å²) < 4.78 is 5.76. The van der Waals surface area contributed by atoms with Gasteiger partial charge in [0.2, 0.25) is 0 Å². The molecule has 0 spiro atoms. The molecule has 0 bridgehead atoms. The fourth-order valence-corrected chi connectivity index (χ4v) is 3.27. The Morgan fingerprint density at radius 3 is 2.44 bits per heavy atom. The quantitative estimate of drug-likeness (QED) is 0.738. The lowest BCUT2D eigenvalue weighted by atomic mass is 10.2. The van der Waals surface area contributed by atoms with Crippen molar-refractivity contribution in [3.05, 3.63) is 60.2 Å². The summed E-state index contributed by atoms with van der Waals surface area (Å²) in [6, 6.07) is 17.7. The predicted octanol–water partition coefficient (Wildman–Crippen LogP) is 0.960. The standard InChI is InChI=1S/C20H25N3O2/c21-20(24)18-9-4-5-10-19(18)25-16-6-11-22-12-14-23(15-13-22)17-7-2-1-3-8-17/h1-5,7-10H,6,11-16H2,(H2,21,24)/p+1. The summed E-state index contributed by atoms with van der Waals surface area (Å²) in [5.74, 6) is 0.136. The molecule has 1 aliphatic rings. The van der Waals surface area contributed by atoms with E-state index < -0.39 is 5.91 Å². The Balaban J connectivity index is 1.39. The molecule has 1 amide bonds. The van der Waals surface area contributed by atoms with E-state index in [1.54, 1.807) is 23.1 Å². The lowest BCUT2D eigenvalue weighted by Crippen LogP contribution is -3.14. The van der Waals surface area contributed by atoms with Crippen LogP contribution in [0.25, 0.3) is 0 Å². The van der Waals surface area contributed by atoms with Crippen molar-refractivity contribution in [2.45, 2.75) is 6.42 Å². The summed E-state index contributed by atoms with van der Waals surface area (Å²) >= 11 is 0. The molecule has 2 aromatic carbocycles. The van der Waals surface area contributed by atoms with Gasteiger partial charge >= 0.3 is 0 Å². The zero-order valence-electron chi connectivity index (χ0n) is 14.5. The maximum Gasteiger partial charge on any atom is 0.252 e. The zero-order chi connectivity index (χ0) is 17.5. The third kappa shape index (κ3) is 4.73. The van der Waals surface area contributed by atoms with E-state index in [0.717, 1.165) is 39.1 Å². The summed E-state index contributed by atoms with van der Waals surface area (Å²) in [7, 11) is 0. The molecule has 0 saturated carbocycles. The minimum Gasteiger partial charge on any atom is -0.493 e. The average molecular weight is 340 g/mol. The molecule has 1 heterocycles. The third-order valence-corrected chi connectivity index (χ3v) is 4.68. The number of ether oxygens (including phenoxy) is 1. The van der Waals surface area contributed by atoms with E-state index in [1.807, 2.05) is 6.07 Å². The molecule has 5 nitrogen and oxygen atoms in total. The molecule has 25 heavy (non-hydrogen) atoms. The molecule has 0 aromatic heterocycles. The molecular formula is C20H26N3O2+. The Labute approximate surface area is 149 Å². The molecule has 0 atom stereocenters. The van der Waals surface area contributed by atoms with Gasteiger partial charge in [-0.15, -0.1) is 0 Å². The number of nitrogens with two attached hydrogens (primary N) is 1. The number of anilines is 1. The molecule has 3 rings (SSSR count). The molecule has 1 fully saturated rings. The van der Waals surface area contributed by atoms with Crippen LogP contribution in [0.3, 0.4) is 0 Å². The van der Waals surface area contributed by atoms with E-state index in [9.17, 15) is 4.79 Å². The molecule has 3 N–H and O–H groups in total. The summed E-state index contributed by atoms with van der Waals surface area (Å²) in [5, 5.41) is 0. The number of quaternary nitrogens is 1. The minimum atomic E-state index is -0.446. The number of hydrogen-bond acceptors (Lipinski definition) is 3. The Hall–Kier alpha value is -2.53. The lowest BCUT2D eigenvalue weighted by molar-refractivity contribution is -0.900. The van der Waals surface area contributed by atoms with Gasteiger partial charge in [-0.1, -0.05) is 30.3 Å². The van der Waals surface area contributed by atoms with Crippen molar-refractivity contribution < 1.29 is 14.4 Å². The van der Waals surface area contributed by atoms with Crippen molar-refractivity contribution in [3.63, 3.8) is 0 Å². The Kier molecular flexibility index (Phi) is 5.90. The first-order valence-electron chi connectivity index (χ1n) is 8.89. The van der Waals surface area contributed by atoms with Crippen molar-refractivity contribution in [2.24, 2.45) is 5.73 Å². The van der Waals surface area contributed by atoms with Gasteiger partial charge in [0, 0.05) is 12.1 Å². The number of rotatable bonds is 7. The highest BCUT2D eigenvalue weighted by molar-refractivity contribution is 5.95. The summed E-state index contributed by atoms with van der Waals surface area (Å²) in [6.07, 6.45) is 0.966. The summed E-state index contributed by atoms with van der Waals surface area (Å²) in [4.78, 5) is 15.4. The molecule has 0 unspecified atom stereocenters. The monoisotopic (exact) mass is 340 g/mol. The molecule has 1 saturated heterocycles. The van der Waals surface area contributed by atoms with Gasteiger partial charge in [0.05, 0.1) is 44.9 Å².